The Bertz CT molecular complexity index is 3170. The minimum Gasteiger partial charge on any atom is -0.505 e. The number of phenols is 2. The summed E-state index contributed by atoms with van der Waals surface area (Å²) in [6.07, 6.45) is 0.0981. The second kappa shape index (κ2) is 15.6. The van der Waals surface area contributed by atoms with E-state index >= 15 is 0 Å². The van der Waals surface area contributed by atoms with Crippen LogP contribution in [0.2, 0.25) is 5.02 Å². The van der Waals surface area contributed by atoms with E-state index in [0.717, 1.165) is 16.5 Å². The van der Waals surface area contributed by atoms with E-state index in [4.69, 9.17) is 11.6 Å². The number of halogens is 1. The fourth-order valence-corrected chi connectivity index (χ4v) is 7.87. The van der Waals surface area contributed by atoms with Gasteiger partial charge in [-0.2, -0.15) is 10.2 Å². The number of phenolic OH excluding ortho intramolecular Hbond substituents is 2. The fourth-order valence-electron chi connectivity index (χ4n) is 7.67. The van der Waals surface area contributed by atoms with E-state index < -0.39 is 0 Å². The third kappa shape index (κ3) is 7.12. The Morgan fingerprint density at radius 1 is 0.533 bits per heavy atom. The molecule has 0 aliphatic heterocycles. The first-order valence-corrected chi connectivity index (χ1v) is 19.5. The van der Waals surface area contributed by atoms with E-state index in [-0.39, 0.29) is 64.2 Å². The number of hydrogen-bond donors (Lipinski definition) is 2. The van der Waals surface area contributed by atoms with Crippen LogP contribution in [-0.4, -0.2) is 27.6 Å². The van der Waals surface area contributed by atoms with Crippen LogP contribution in [0.4, 0.5) is 22.7 Å². The lowest BCUT2D eigenvalue weighted by molar-refractivity contribution is 0.0982. The van der Waals surface area contributed by atoms with Gasteiger partial charge in [0, 0.05) is 39.8 Å². The lowest BCUT2D eigenvalue weighted by atomic mass is 9.97. The number of Topliss-reactive ketones (excluding diaryl/α,β-unsaturated/α-hetero) is 2. The van der Waals surface area contributed by atoms with Crippen LogP contribution in [0.3, 0.4) is 0 Å². The van der Waals surface area contributed by atoms with E-state index in [1.54, 1.807) is 84.9 Å². The summed E-state index contributed by atoms with van der Waals surface area (Å²) in [6.45, 7) is 1.96. The van der Waals surface area contributed by atoms with Gasteiger partial charge in [0.15, 0.2) is 28.8 Å². The van der Waals surface area contributed by atoms with Crippen LogP contribution in [0.5, 0.6) is 11.5 Å². The number of carbonyl (C=O) groups excluding carboxylic acids is 3. The molecule has 0 saturated carbocycles. The molecule has 2 N–H and O–H groups in total. The number of carbonyl (C=O) groups is 3. The Labute approximate surface area is 349 Å². The van der Waals surface area contributed by atoms with Crippen molar-refractivity contribution in [1.29, 1.82) is 0 Å². The van der Waals surface area contributed by atoms with Crippen LogP contribution in [0.1, 0.15) is 53.3 Å². The van der Waals surface area contributed by atoms with Crippen molar-refractivity contribution in [2.75, 3.05) is 0 Å². The molecular weight excluding hydrogens is 772 g/mol. The van der Waals surface area contributed by atoms with Gasteiger partial charge in [0.1, 0.15) is 11.4 Å². The molecule has 60 heavy (non-hydrogen) atoms. The topological polar surface area (TPSA) is 141 Å². The number of azo groups is 2. The smallest absolute Gasteiger partial charge is 0.194 e. The lowest BCUT2D eigenvalue weighted by Gasteiger charge is -2.11. The van der Waals surface area contributed by atoms with Crippen molar-refractivity contribution in [2.45, 2.75) is 19.8 Å². The van der Waals surface area contributed by atoms with Crippen LogP contribution < -0.4 is 0 Å². The summed E-state index contributed by atoms with van der Waals surface area (Å²) < 4.78 is 0. The van der Waals surface area contributed by atoms with Crippen molar-refractivity contribution < 1.29 is 24.6 Å². The summed E-state index contributed by atoms with van der Waals surface area (Å²) in [5.74, 6) is -1.39. The van der Waals surface area contributed by atoms with E-state index in [2.05, 4.69) is 20.5 Å². The van der Waals surface area contributed by atoms with Gasteiger partial charge >= 0.3 is 0 Å². The molecule has 8 aromatic rings. The molecular formula is C50H33ClN4O5. The molecule has 0 bridgehead atoms. The van der Waals surface area contributed by atoms with Gasteiger partial charge in [-0.15, -0.1) is 10.2 Å². The molecule has 9 rings (SSSR count). The summed E-state index contributed by atoms with van der Waals surface area (Å²) in [5.41, 5.74) is 6.03. The number of rotatable bonds is 10. The van der Waals surface area contributed by atoms with Gasteiger partial charge in [0.25, 0.3) is 0 Å². The maximum Gasteiger partial charge on any atom is 0.194 e. The molecule has 0 atom stereocenters. The third-order valence-corrected chi connectivity index (χ3v) is 11.0. The highest BCUT2D eigenvalue weighted by molar-refractivity contribution is 6.31. The van der Waals surface area contributed by atoms with Gasteiger partial charge in [-0.3, -0.25) is 14.4 Å². The number of hydrogen-bond acceptors (Lipinski definition) is 9. The molecule has 0 unspecified atom stereocenters. The fraction of sp³-hybridized carbons (Fsp3) is 0.0600. The van der Waals surface area contributed by atoms with Gasteiger partial charge in [-0.25, -0.2) is 0 Å². The summed E-state index contributed by atoms with van der Waals surface area (Å²) in [4.78, 5) is 40.8. The van der Waals surface area contributed by atoms with Crippen LogP contribution in [0, 0.1) is 6.92 Å². The van der Waals surface area contributed by atoms with Crippen molar-refractivity contribution in [3.63, 3.8) is 0 Å². The molecule has 0 saturated heterocycles. The number of aryl methyl sites for hydroxylation is 1. The molecule has 0 amide bonds. The molecule has 0 spiro atoms. The minimum absolute atomic E-state index is 0.0126. The molecule has 0 heterocycles. The monoisotopic (exact) mass is 804 g/mol. The standard InChI is InChI=1S/C50H33ClN4O5/c1-28-9-8-10-29(21-28)22-44(56)41-23-30-11-2-5-14-35(30)46(49(41)59)54-52-33-17-19-37-38-20-18-34(27-40(38)48(58)39(37)26-33)53-55-47-36-15-6-3-12-31(36)24-42(50(47)60)45(57)25-32-13-4-7-16-43(32)51/h2-21,23-24,26-27,59-60H,22,25H2,1H3. The molecule has 0 radical (unpaired) electrons. The molecule has 0 aromatic heterocycles. The Balaban J connectivity index is 0.994. The van der Waals surface area contributed by atoms with E-state index in [1.807, 2.05) is 67.6 Å². The molecule has 290 valence electrons. The van der Waals surface area contributed by atoms with E-state index in [1.165, 1.54) is 0 Å². The number of nitrogens with zero attached hydrogens (tertiary/aromatic N) is 4. The second-order valence-corrected chi connectivity index (χ2v) is 15.1. The van der Waals surface area contributed by atoms with Crippen molar-refractivity contribution in [1.82, 2.24) is 0 Å². The molecule has 1 aliphatic rings. The molecule has 9 nitrogen and oxygen atoms in total. The predicted molar refractivity (Wildman–Crippen MR) is 234 cm³/mol. The second-order valence-electron chi connectivity index (χ2n) is 14.7. The van der Waals surface area contributed by atoms with Crippen LogP contribution >= 0.6 is 11.6 Å². The number of ketones is 3. The van der Waals surface area contributed by atoms with Gasteiger partial charge in [-0.05, 0) is 82.4 Å². The SMILES string of the molecule is Cc1cccc(CC(=O)c2cc3ccccc3c(N=Nc3ccc4c(c3)C(=O)c3cc(N=Nc5c(O)c(C(=O)Cc6ccccc6Cl)cc6ccccc56)ccc3-4)c2O)c1. The summed E-state index contributed by atoms with van der Waals surface area (Å²) in [7, 11) is 0. The number of benzene rings is 8. The molecule has 8 aromatic carbocycles. The van der Waals surface area contributed by atoms with Crippen LogP contribution in [0.15, 0.2) is 166 Å². The van der Waals surface area contributed by atoms with Gasteiger partial charge in [0.05, 0.1) is 22.5 Å². The highest BCUT2D eigenvalue weighted by Gasteiger charge is 2.28. The van der Waals surface area contributed by atoms with Gasteiger partial charge < -0.3 is 10.2 Å². The highest BCUT2D eigenvalue weighted by atomic mass is 35.5. The number of fused-ring (bicyclic) bond motifs is 5. The Hall–Kier alpha value is -7.62. The Kier molecular flexibility index (Phi) is 9.87. The summed E-state index contributed by atoms with van der Waals surface area (Å²) in [6, 6.07) is 43.0. The third-order valence-electron chi connectivity index (χ3n) is 10.7. The number of aromatic hydroxyl groups is 2. The minimum atomic E-state index is -0.328. The summed E-state index contributed by atoms with van der Waals surface area (Å²) >= 11 is 6.32. The van der Waals surface area contributed by atoms with E-state index in [0.29, 0.717) is 60.4 Å². The van der Waals surface area contributed by atoms with Gasteiger partial charge in [-0.1, -0.05) is 120 Å². The molecule has 0 fully saturated rings. The maximum atomic E-state index is 13.9. The lowest BCUT2D eigenvalue weighted by Crippen LogP contribution is -2.04. The highest BCUT2D eigenvalue weighted by Crippen LogP contribution is 2.44. The first kappa shape index (κ1) is 37.9. The van der Waals surface area contributed by atoms with Crippen LogP contribution in [-0.2, 0) is 12.8 Å². The predicted octanol–water partition coefficient (Wildman–Crippen LogP) is 13.3. The zero-order chi connectivity index (χ0) is 41.5. The first-order valence-electron chi connectivity index (χ1n) is 19.1. The maximum absolute atomic E-state index is 13.9. The largest absolute Gasteiger partial charge is 0.505 e. The van der Waals surface area contributed by atoms with Crippen molar-refractivity contribution >= 4 is 73.2 Å². The average Bonchev–Trinajstić information content (AvgIpc) is 3.53. The summed E-state index contributed by atoms with van der Waals surface area (Å²) in [5, 5.41) is 43.6. The van der Waals surface area contributed by atoms with Crippen molar-refractivity contribution in [2.24, 2.45) is 20.5 Å². The van der Waals surface area contributed by atoms with Gasteiger partial charge in [0.2, 0.25) is 0 Å². The zero-order valence-electron chi connectivity index (χ0n) is 32.1. The Morgan fingerprint density at radius 3 is 1.60 bits per heavy atom. The first-order chi connectivity index (χ1) is 29.1. The Morgan fingerprint density at radius 2 is 1.05 bits per heavy atom. The molecule has 1 aliphatic carbocycles. The normalized spacial score (nSPS) is 12.1. The van der Waals surface area contributed by atoms with Crippen molar-refractivity contribution in [3.8, 4) is 22.6 Å². The zero-order valence-corrected chi connectivity index (χ0v) is 32.8. The van der Waals surface area contributed by atoms with Crippen molar-refractivity contribution in [3.05, 3.63) is 190 Å². The quantitative estimate of drug-likeness (QED) is 0.105. The average molecular weight is 805 g/mol. The van der Waals surface area contributed by atoms with Crippen LogP contribution in [0.25, 0.3) is 32.7 Å². The molecule has 10 heteroatoms. The van der Waals surface area contributed by atoms with E-state index in [9.17, 15) is 24.6 Å².